The van der Waals surface area contributed by atoms with Crippen LogP contribution in [0.5, 0.6) is 5.75 Å². The van der Waals surface area contributed by atoms with Gasteiger partial charge in [-0.25, -0.2) is 4.98 Å². The molecule has 0 saturated heterocycles. The third kappa shape index (κ3) is 2.25. The highest BCUT2D eigenvalue weighted by atomic mass is 35.5. The van der Waals surface area contributed by atoms with Gasteiger partial charge >= 0.3 is 0 Å². The van der Waals surface area contributed by atoms with Crippen molar-refractivity contribution in [2.45, 2.75) is 13.3 Å². The number of hydrogen-bond acceptors (Lipinski definition) is 5. The van der Waals surface area contributed by atoms with Crippen molar-refractivity contribution in [1.29, 1.82) is 0 Å². The number of aromatic hydroxyl groups is 1. The van der Waals surface area contributed by atoms with Gasteiger partial charge in [-0.1, -0.05) is 23.7 Å². The molecule has 0 aliphatic heterocycles. The summed E-state index contributed by atoms with van der Waals surface area (Å²) in [7, 11) is 0. The first-order valence-electron chi connectivity index (χ1n) is 6.03. The molecule has 2 heterocycles. The minimum absolute atomic E-state index is 0.109. The first-order valence-corrected chi connectivity index (χ1v) is 6.41. The highest BCUT2D eigenvalue weighted by Crippen LogP contribution is 2.26. The second kappa shape index (κ2) is 4.97. The average Bonchev–Trinajstić information content (AvgIpc) is 3.09. The standard InChI is InChI=1S/C13H11ClN4O2/c1-2-12-16-13(20-17-12)9-6-18(7-15-9)10-5-8(14)3-4-11(10)19/h3-7,19H,2H2,1H3. The second-order valence-corrected chi connectivity index (χ2v) is 4.60. The van der Waals surface area contributed by atoms with Crippen LogP contribution in [0.15, 0.2) is 35.2 Å². The number of phenols is 1. The van der Waals surface area contributed by atoms with Gasteiger partial charge in [0.25, 0.3) is 5.89 Å². The maximum Gasteiger partial charge on any atom is 0.278 e. The van der Waals surface area contributed by atoms with Gasteiger partial charge in [0.05, 0.1) is 5.69 Å². The fourth-order valence-corrected chi connectivity index (χ4v) is 1.94. The van der Waals surface area contributed by atoms with E-state index in [2.05, 4.69) is 15.1 Å². The number of benzene rings is 1. The van der Waals surface area contributed by atoms with Crippen molar-refractivity contribution in [2.75, 3.05) is 0 Å². The summed E-state index contributed by atoms with van der Waals surface area (Å²) in [5.74, 6) is 1.08. The van der Waals surface area contributed by atoms with Gasteiger partial charge in [0.15, 0.2) is 5.82 Å². The fourth-order valence-electron chi connectivity index (χ4n) is 1.77. The van der Waals surface area contributed by atoms with Gasteiger partial charge < -0.3 is 14.2 Å². The molecule has 0 amide bonds. The van der Waals surface area contributed by atoms with E-state index >= 15 is 0 Å². The summed E-state index contributed by atoms with van der Waals surface area (Å²) in [6.45, 7) is 1.94. The molecule has 20 heavy (non-hydrogen) atoms. The summed E-state index contributed by atoms with van der Waals surface area (Å²) in [4.78, 5) is 8.40. The van der Waals surface area contributed by atoms with Crippen LogP contribution < -0.4 is 0 Å². The summed E-state index contributed by atoms with van der Waals surface area (Å²) in [6, 6.07) is 4.79. The van der Waals surface area contributed by atoms with Crippen LogP contribution in [0.4, 0.5) is 0 Å². The summed E-state index contributed by atoms with van der Waals surface area (Å²) < 4.78 is 6.76. The summed E-state index contributed by atoms with van der Waals surface area (Å²) in [5, 5.41) is 14.2. The topological polar surface area (TPSA) is 77.0 Å². The van der Waals surface area contributed by atoms with Gasteiger partial charge in [-0.05, 0) is 18.2 Å². The minimum atomic E-state index is 0.109. The van der Waals surface area contributed by atoms with Crippen LogP contribution in [0.1, 0.15) is 12.7 Å². The molecule has 0 aliphatic carbocycles. The van der Waals surface area contributed by atoms with Crippen molar-refractivity contribution < 1.29 is 9.63 Å². The van der Waals surface area contributed by atoms with Crippen LogP contribution >= 0.6 is 11.6 Å². The Hall–Kier alpha value is -2.34. The third-order valence-electron chi connectivity index (χ3n) is 2.80. The Morgan fingerprint density at radius 2 is 2.25 bits per heavy atom. The number of nitrogens with zero attached hydrogens (tertiary/aromatic N) is 4. The van der Waals surface area contributed by atoms with Crippen LogP contribution in [-0.2, 0) is 6.42 Å². The number of imidazole rings is 1. The maximum atomic E-state index is 9.85. The molecule has 3 aromatic rings. The van der Waals surface area contributed by atoms with Crippen molar-refractivity contribution in [1.82, 2.24) is 19.7 Å². The van der Waals surface area contributed by atoms with Crippen molar-refractivity contribution in [3.05, 3.63) is 41.6 Å². The average molecular weight is 291 g/mol. The van der Waals surface area contributed by atoms with E-state index in [1.807, 2.05) is 6.92 Å². The van der Waals surface area contributed by atoms with Crippen molar-refractivity contribution in [3.8, 4) is 23.0 Å². The van der Waals surface area contributed by atoms with E-state index in [1.165, 1.54) is 6.07 Å². The predicted molar refractivity (Wildman–Crippen MR) is 72.9 cm³/mol. The van der Waals surface area contributed by atoms with Crippen molar-refractivity contribution in [3.63, 3.8) is 0 Å². The molecule has 0 aliphatic rings. The highest BCUT2D eigenvalue weighted by Gasteiger charge is 2.12. The van der Waals surface area contributed by atoms with E-state index in [4.69, 9.17) is 16.1 Å². The molecule has 2 aromatic heterocycles. The summed E-state index contributed by atoms with van der Waals surface area (Å²) in [5.41, 5.74) is 1.07. The Labute approximate surface area is 119 Å². The lowest BCUT2D eigenvalue weighted by Crippen LogP contribution is -1.90. The van der Waals surface area contributed by atoms with Crippen LogP contribution in [0.25, 0.3) is 17.3 Å². The lowest BCUT2D eigenvalue weighted by atomic mass is 10.3. The summed E-state index contributed by atoms with van der Waals surface area (Å²) in [6.07, 6.45) is 3.94. The molecule has 1 N–H and O–H groups in total. The molecule has 6 nitrogen and oxygen atoms in total. The lowest BCUT2D eigenvalue weighted by molar-refractivity contribution is 0.422. The van der Waals surface area contributed by atoms with Crippen LogP contribution in [0.2, 0.25) is 5.02 Å². The zero-order chi connectivity index (χ0) is 14.1. The molecule has 0 atom stereocenters. The van der Waals surface area contributed by atoms with E-state index < -0.39 is 0 Å². The zero-order valence-electron chi connectivity index (χ0n) is 10.6. The first-order chi connectivity index (χ1) is 9.67. The first kappa shape index (κ1) is 12.7. The Morgan fingerprint density at radius 1 is 1.40 bits per heavy atom. The molecule has 0 saturated carbocycles. The van der Waals surface area contributed by atoms with Gasteiger partial charge in [0.1, 0.15) is 17.8 Å². The maximum absolute atomic E-state index is 9.85. The summed E-state index contributed by atoms with van der Waals surface area (Å²) >= 11 is 5.93. The SMILES string of the molecule is CCc1noc(-c2cn(-c3cc(Cl)ccc3O)cn2)n1. The largest absolute Gasteiger partial charge is 0.506 e. The fraction of sp³-hybridized carbons (Fsp3) is 0.154. The minimum Gasteiger partial charge on any atom is -0.506 e. The van der Waals surface area contributed by atoms with E-state index in [9.17, 15) is 5.11 Å². The molecular weight excluding hydrogens is 280 g/mol. The van der Waals surface area contributed by atoms with Crippen LogP contribution in [0.3, 0.4) is 0 Å². The van der Waals surface area contributed by atoms with E-state index in [0.29, 0.717) is 34.5 Å². The van der Waals surface area contributed by atoms with Gasteiger partial charge in [-0.15, -0.1) is 0 Å². The Kier molecular flexibility index (Phi) is 3.15. The molecular formula is C13H11ClN4O2. The smallest absolute Gasteiger partial charge is 0.278 e. The predicted octanol–water partition coefficient (Wildman–Crippen LogP) is 2.84. The number of aromatic nitrogens is 4. The van der Waals surface area contributed by atoms with Gasteiger partial charge in [-0.3, -0.25) is 0 Å². The molecule has 0 bridgehead atoms. The highest BCUT2D eigenvalue weighted by molar-refractivity contribution is 6.30. The molecule has 0 fully saturated rings. The van der Waals surface area contributed by atoms with Gasteiger partial charge in [-0.2, -0.15) is 4.98 Å². The Bertz CT molecular complexity index is 750. The number of hydrogen-bond donors (Lipinski definition) is 1. The van der Waals surface area contributed by atoms with E-state index in [0.717, 1.165) is 0 Å². The van der Waals surface area contributed by atoms with E-state index in [-0.39, 0.29) is 5.75 Å². The molecule has 102 valence electrons. The Balaban J connectivity index is 1.99. The number of halogens is 1. The molecule has 0 unspecified atom stereocenters. The normalized spacial score (nSPS) is 10.9. The van der Waals surface area contributed by atoms with E-state index in [1.54, 1.807) is 29.2 Å². The quantitative estimate of drug-likeness (QED) is 0.802. The molecule has 1 aromatic carbocycles. The molecule has 3 rings (SSSR count). The Morgan fingerprint density at radius 3 is 3.00 bits per heavy atom. The van der Waals surface area contributed by atoms with Crippen LogP contribution in [-0.4, -0.2) is 24.8 Å². The monoisotopic (exact) mass is 290 g/mol. The lowest BCUT2D eigenvalue weighted by Gasteiger charge is -2.04. The van der Waals surface area contributed by atoms with Gasteiger partial charge in [0.2, 0.25) is 0 Å². The number of phenolic OH excluding ortho intramolecular Hbond substituents is 1. The van der Waals surface area contributed by atoms with Gasteiger partial charge in [0, 0.05) is 17.6 Å². The number of rotatable bonds is 3. The molecule has 0 radical (unpaired) electrons. The molecule has 0 spiro atoms. The van der Waals surface area contributed by atoms with Crippen molar-refractivity contribution in [2.24, 2.45) is 0 Å². The molecule has 7 heteroatoms. The zero-order valence-corrected chi connectivity index (χ0v) is 11.4. The number of aryl methyl sites for hydroxylation is 1. The third-order valence-corrected chi connectivity index (χ3v) is 3.04. The second-order valence-electron chi connectivity index (χ2n) is 4.17. The van der Waals surface area contributed by atoms with Crippen LogP contribution in [0, 0.1) is 0 Å². The van der Waals surface area contributed by atoms with Crippen molar-refractivity contribution >= 4 is 11.6 Å².